The molecule has 0 aliphatic heterocycles. The third kappa shape index (κ3) is 11.1. The maximum absolute atomic E-state index is 10.8. The zero-order chi connectivity index (χ0) is 14.7. The van der Waals surface area contributed by atoms with E-state index in [4.69, 9.17) is 16.2 Å². The van der Waals surface area contributed by atoms with Crippen molar-refractivity contribution in [2.24, 2.45) is 23.3 Å². The molecule has 7 heteroatoms. The fraction of sp³-hybridized carbons (Fsp3) is 0.833. The lowest BCUT2D eigenvalue weighted by Gasteiger charge is -2.08. The summed E-state index contributed by atoms with van der Waals surface area (Å²) in [5, 5.41) is 0. The van der Waals surface area contributed by atoms with Crippen LogP contribution in [-0.2, 0) is 14.3 Å². The average Bonchev–Trinajstić information content (AvgIpc) is 2.35. The number of hydrogen-bond acceptors (Lipinski definition) is 5. The zero-order valence-corrected chi connectivity index (χ0v) is 13.2. The van der Waals surface area contributed by atoms with Crippen molar-refractivity contribution in [1.29, 1.82) is 0 Å². The Hall–Kier alpha value is -0.400. The van der Waals surface area contributed by atoms with E-state index < -0.39 is 0 Å². The first-order valence-electron chi connectivity index (χ1n) is 6.27. The first kappa shape index (κ1) is 18.6. The summed E-state index contributed by atoms with van der Waals surface area (Å²) < 4.78 is 5.44. The highest BCUT2D eigenvalue weighted by molar-refractivity contribution is 7.99. The number of thioether (sulfide) groups is 2. The number of carbonyl (C=O) groups is 2. The van der Waals surface area contributed by atoms with Crippen molar-refractivity contribution in [3.05, 3.63) is 0 Å². The van der Waals surface area contributed by atoms with E-state index in [1.165, 1.54) is 0 Å². The van der Waals surface area contributed by atoms with Crippen molar-refractivity contribution in [3.63, 3.8) is 0 Å². The smallest absolute Gasteiger partial charge is 0.221 e. The van der Waals surface area contributed by atoms with Crippen LogP contribution in [0.15, 0.2) is 0 Å². The number of hydrogen-bond donors (Lipinski definition) is 2. The largest absolute Gasteiger partial charge is 0.380 e. The van der Waals surface area contributed by atoms with Crippen LogP contribution in [0.2, 0.25) is 0 Å². The molecule has 2 amide bonds. The Bertz CT molecular complexity index is 252. The molecule has 0 heterocycles. The molecule has 0 aromatic heterocycles. The van der Waals surface area contributed by atoms with E-state index in [-0.39, 0.29) is 23.7 Å². The first-order chi connectivity index (χ1) is 8.95. The SMILES string of the molecule is CC(CSCCOCCSCC(C)C(N)=O)C(N)=O. The Kier molecular flexibility index (Phi) is 11.2. The molecule has 112 valence electrons. The van der Waals surface area contributed by atoms with E-state index in [9.17, 15) is 9.59 Å². The molecule has 0 saturated heterocycles. The molecule has 19 heavy (non-hydrogen) atoms. The minimum atomic E-state index is -0.256. The van der Waals surface area contributed by atoms with Gasteiger partial charge in [0.2, 0.25) is 11.8 Å². The molecular formula is C12H24N2O3S2. The number of nitrogens with two attached hydrogens (primary N) is 2. The fourth-order valence-electron chi connectivity index (χ4n) is 1.02. The van der Waals surface area contributed by atoms with Crippen molar-refractivity contribution >= 4 is 35.3 Å². The van der Waals surface area contributed by atoms with Crippen molar-refractivity contribution in [2.45, 2.75) is 13.8 Å². The highest BCUT2D eigenvalue weighted by Crippen LogP contribution is 2.09. The number of rotatable bonds is 12. The Morgan fingerprint density at radius 2 is 1.32 bits per heavy atom. The molecule has 0 aromatic carbocycles. The van der Waals surface area contributed by atoms with Gasteiger partial charge < -0.3 is 16.2 Å². The van der Waals surface area contributed by atoms with Crippen LogP contribution in [0, 0.1) is 11.8 Å². The van der Waals surface area contributed by atoms with E-state index >= 15 is 0 Å². The predicted octanol–water partition coefficient (Wildman–Crippen LogP) is 0.712. The lowest BCUT2D eigenvalue weighted by atomic mass is 10.2. The molecule has 0 saturated carbocycles. The molecule has 0 fully saturated rings. The standard InChI is InChI=1S/C12H24N2O3S2/c1-9(11(13)15)7-18-5-3-17-4-6-19-8-10(2)12(14)16/h9-10H,3-8H2,1-2H3,(H2,13,15)(H2,14,16). The van der Waals surface area contributed by atoms with E-state index in [1.807, 2.05) is 13.8 Å². The van der Waals surface area contributed by atoms with Crippen molar-refractivity contribution in [2.75, 3.05) is 36.2 Å². The number of primary amides is 2. The normalized spacial score (nSPS) is 14.0. The van der Waals surface area contributed by atoms with Crippen LogP contribution in [0.1, 0.15) is 13.8 Å². The molecular weight excluding hydrogens is 284 g/mol. The Morgan fingerprint density at radius 1 is 0.947 bits per heavy atom. The monoisotopic (exact) mass is 308 g/mol. The van der Waals surface area contributed by atoms with Crippen LogP contribution in [0.5, 0.6) is 0 Å². The van der Waals surface area contributed by atoms with Crippen LogP contribution >= 0.6 is 23.5 Å². The first-order valence-corrected chi connectivity index (χ1v) is 8.58. The van der Waals surface area contributed by atoms with Gasteiger partial charge in [-0.15, -0.1) is 0 Å². The van der Waals surface area contributed by atoms with Crippen LogP contribution in [0.25, 0.3) is 0 Å². The van der Waals surface area contributed by atoms with Crippen LogP contribution < -0.4 is 11.5 Å². The number of amides is 2. The van der Waals surface area contributed by atoms with E-state index in [1.54, 1.807) is 23.5 Å². The van der Waals surface area contributed by atoms with Crippen molar-refractivity contribution in [3.8, 4) is 0 Å². The lowest BCUT2D eigenvalue weighted by Crippen LogP contribution is -2.22. The molecule has 5 nitrogen and oxygen atoms in total. The minimum absolute atomic E-state index is 0.0872. The Labute approximate surface area is 123 Å². The highest BCUT2D eigenvalue weighted by Gasteiger charge is 2.08. The van der Waals surface area contributed by atoms with Gasteiger partial charge in [0.05, 0.1) is 13.2 Å². The second kappa shape index (κ2) is 11.4. The van der Waals surface area contributed by atoms with Gasteiger partial charge in [0, 0.05) is 34.8 Å². The molecule has 0 radical (unpaired) electrons. The Balaban J connectivity index is 3.24. The predicted molar refractivity (Wildman–Crippen MR) is 82.2 cm³/mol. The summed E-state index contributed by atoms with van der Waals surface area (Å²) in [6.07, 6.45) is 0. The molecule has 2 unspecified atom stereocenters. The van der Waals surface area contributed by atoms with E-state index in [2.05, 4.69) is 0 Å². The summed E-state index contributed by atoms with van der Waals surface area (Å²) >= 11 is 3.34. The number of ether oxygens (including phenoxy) is 1. The molecule has 0 aliphatic rings. The summed E-state index contributed by atoms with van der Waals surface area (Å²) in [5.74, 6) is 2.51. The molecule has 0 aromatic rings. The van der Waals surface area contributed by atoms with Crippen molar-refractivity contribution < 1.29 is 14.3 Å². The van der Waals surface area contributed by atoms with Crippen LogP contribution in [-0.4, -0.2) is 48.0 Å². The van der Waals surface area contributed by atoms with Gasteiger partial charge in [0.1, 0.15) is 0 Å². The second-order valence-corrected chi connectivity index (χ2v) is 6.67. The number of carbonyl (C=O) groups excluding carboxylic acids is 2. The van der Waals surface area contributed by atoms with Gasteiger partial charge in [0.15, 0.2) is 0 Å². The van der Waals surface area contributed by atoms with Gasteiger partial charge in [-0.3, -0.25) is 9.59 Å². The highest BCUT2D eigenvalue weighted by atomic mass is 32.2. The Morgan fingerprint density at radius 3 is 1.63 bits per heavy atom. The van der Waals surface area contributed by atoms with Gasteiger partial charge in [0.25, 0.3) is 0 Å². The average molecular weight is 308 g/mol. The third-order valence-electron chi connectivity index (χ3n) is 2.45. The summed E-state index contributed by atoms with van der Waals surface area (Å²) in [7, 11) is 0. The molecule has 0 spiro atoms. The summed E-state index contributed by atoms with van der Waals surface area (Å²) in [6.45, 7) is 4.99. The maximum Gasteiger partial charge on any atom is 0.221 e. The van der Waals surface area contributed by atoms with E-state index in [0.717, 1.165) is 23.0 Å². The lowest BCUT2D eigenvalue weighted by molar-refractivity contribution is -0.121. The van der Waals surface area contributed by atoms with Gasteiger partial charge in [-0.05, 0) is 0 Å². The maximum atomic E-state index is 10.8. The van der Waals surface area contributed by atoms with Crippen LogP contribution in [0.3, 0.4) is 0 Å². The quantitative estimate of drug-likeness (QED) is 0.518. The zero-order valence-electron chi connectivity index (χ0n) is 11.6. The second-order valence-electron chi connectivity index (χ2n) is 4.37. The molecule has 2 atom stereocenters. The van der Waals surface area contributed by atoms with Crippen molar-refractivity contribution in [1.82, 2.24) is 0 Å². The third-order valence-corrected chi connectivity index (χ3v) is 4.83. The summed E-state index contributed by atoms with van der Waals surface area (Å²) in [6, 6.07) is 0. The van der Waals surface area contributed by atoms with E-state index in [0.29, 0.717) is 13.2 Å². The molecule has 0 rings (SSSR count). The molecule has 4 N–H and O–H groups in total. The van der Waals surface area contributed by atoms with Gasteiger partial charge >= 0.3 is 0 Å². The van der Waals surface area contributed by atoms with Gasteiger partial charge in [-0.25, -0.2) is 0 Å². The topological polar surface area (TPSA) is 95.4 Å². The molecule has 0 aliphatic carbocycles. The van der Waals surface area contributed by atoms with Gasteiger partial charge in [-0.1, -0.05) is 13.8 Å². The summed E-state index contributed by atoms with van der Waals surface area (Å²) in [5.41, 5.74) is 10.3. The van der Waals surface area contributed by atoms with Gasteiger partial charge in [-0.2, -0.15) is 23.5 Å². The minimum Gasteiger partial charge on any atom is -0.380 e. The van der Waals surface area contributed by atoms with Crippen LogP contribution in [0.4, 0.5) is 0 Å². The molecule has 0 bridgehead atoms. The fourth-order valence-corrected chi connectivity index (χ4v) is 2.86. The summed E-state index contributed by atoms with van der Waals surface area (Å²) in [4.78, 5) is 21.6.